The number of nitrogens with zero attached hydrogens (tertiary/aromatic N) is 2. The van der Waals surface area contributed by atoms with Crippen molar-refractivity contribution in [3.05, 3.63) is 142 Å². The number of hydrogen-bond donors (Lipinski definition) is 0. The van der Waals surface area contributed by atoms with Crippen LogP contribution < -0.4 is 0 Å². The summed E-state index contributed by atoms with van der Waals surface area (Å²) in [6.07, 6.45) is 4.94. The van der Waals surface area contributed by atoms with E-state index in [4.69, 9.17) is 9.40 Å². The standard InChI is InChI=1S/C32H28NOS.C14H14N.Ir/c1-19-8-6-9-20(2)28(19)26-16-27(33-18-22(26)17-32(3,4)5)25-11-7-10-23-24-13-12-21-14-15-35-31(21)30(24)34-29(23)25;1-10-4-6-13(7-5-10)14-8-11(2)12(3)9-15-14;/h6-10,12-16,18H,17H2,1-5H3;4-6,8-9H,1-3H3;/q2*-1;. The molecule has 0 bridgehead atoms. The molecule has 0 aliphatic carbocycles. The molecule has 0 fully saturated rings. The van der Waals surface area contributed by atoms with Crippen molar-refractivity contribution in [3.8, 4) is 33.6 Å². The number of aromatic nitrogens is 2. The maximum atomic E-state index is 6.55. The minimum atomic E-state index is 0. The monoisotopic (exact) mass is 863 g/mol. The molecule has 0 spiro atoms. The Hall–Kier alpha value is -4.41. The second-order valence-corrected chi connectivity index (χ2v) is 15.6. The third kappa shape index (κ3) is 7.48. The van der Waals surface area contributed by atoms with E-state index in [9.17, 15) is 0 Å². The summed E-state index contributed by atoms with van der Waals surface area (Å²) in [6, 6.07) is 34.3. The number of pyridine rings is 2. The van der Waals surface area contributed by atoms with Crippen molar-refractivity contribution < 1.29 is 24.5 Å². The first-order valence-electron chi connectivity index (χ1n) is 17.2. The summed E-state index contributed by atoms with van der Waals surface area (Å²) in [6.45, 7) is 17.5. The van der Waals surface area contributed by atoms with Crippen LogP contribution in [0.15, 0.2) is 101 Å². The zero-order valence-electron chi connectivity index (χ0n) is 30.5. The van der Waals surface area contributed by atoms with Crippen molar-refractivity contribution in [1.82, 2.24) is 9.97 Å². The molecule has 0 saturated heterocycles. The van der Waals surface area contributed by atoms with Crippen LogP contribution in [0.3, 0.4) is 0 Å². The van der Waals surface area contributed by atoms with Crippen molar-refractivity contribution >= 4 is 43.4 Å². The predicted octanol–water partition coefficient (Wildman–Crippen LogP) is 13.0. The number of rotatable bonds is 4. The number of thiophene rings is 1. The van der Waals surface area contributed by atoms with Crippen LogP contribution in [0.25, 0.3) is 65.7 Å². The number of furan rings is 1. The molecule has 5 heteroatoms. The quantitative estimate of drug-likeness (QED) is 0.166. The van der Waals surface area contributed by atoms with E-state index in [2.05, 4.69) is 151 Å². The summed E-state index contributed by atoms with van der Waals surface area (Å²) in [4.78, 5) is 9.37. The van der Waals surface area contributed by atoms with Gasteiger partial charge in [0, 0.05) is 37.9 Å². The molecule has 1 radical (unpaired) electrons. The fourth-order valence-electron chi connectivity index (χ4n) is 6.65. The van der Waals surface area contributed by atoms with Gasteiger partial charge >= 0.3 is 0 Å². The van der Waals surface area contributed by atoms with Gasteiger partial charge in [-0.2, -0.15) is 0 Å². The van der Waals surface area contributed by atoms with Crippen molar-refractivity contribution in [2.45, 2.75) is 61.8 Å². The first-order valence-corrected chi connectivity index (χ1v) is 18.1. The normalized spacial score (nSPS) is 11.5. The summed E-state index contributed by atoms with van der Waals surface area (Å²) < 4.78 is 7.74. The minimum absolute atomic E-state index is 0. The molecule has 0 atom stereocenters. The van der Waals surface area contributed by atoms with Gasteiger partial charge in [-0.15, -0.1) is 64.9 Å². The molecule has 4 aromatic heterocycles. The van der Waals surface area contributed by atoms with Crippen LogP contribution in [0.2, 0.25) is 0 Å². The van der Waals surface area contributed by atoms with Gasteiger partial charge in [-0.25, -0.2) is 0 Å². The van der Waals surface area contributed by atoms with Gasteiger partial charge in [-0.3, -0.25) is 0 Å². The van der Waals surface area contributed by atoms with Crippen LogP contribution >= 0.6 is 11.3 Å². The second kappa shape index (κ2) is 14.7. The molecule has 0 N–H and O–H groups in total. The Kier molecular flexibility index (Phi) is 10.5. The molecule has 0 unspecified atom stereocenters. The van der Waals surface area contributed by atoms with Gasteiger partial charge in [0.25, 0.3) is 0 Å². The van der Waals surface area contributed by atoms with Gasteiger partial charge in [-0.05, 0) is 101 Å². The summed E-state index contributed by atoms with van der Waals surface area (Å²) in [5.41, 5.74) is 15.9. The first kappa shape index (κ1) is 36.4. The third-order valence-electron chi connectivity index (χ3n) is 9.35. The molecule has 0 amide bonds. The molecule has 0 aliphatic heterocycles. The van der Waals surface area contributed by atoms with E-state index in [-0.39, 0.29) is 25.5 Å². The third-order valence-corrected chi connectivity index (χ3v) is 10.3. The molecule has 259 valence electrons. The van der Waals surface area contributed by atoms with Gasteiger partial charge in [0.05, 0.1) is 10.3 Å². The van der Waals surface area contributed by atoms with Gasteiger partial charge in [0.15, 0.2) is 0 Å². The first-order chi connectivity index (χ1) is 24.0. The molecule has 8 rings (SSSR count). The minimum Gasteiger partial charge on any atom is -0.499 e. The largest absolute Gasteiger partial charge is 0.499 e. The fourth-order valence-corrected chi connectivity index (χ4v) is 7.53. The molecule has 51 heavy (non-hydrogen) atoms. The van der Waals surface area contributed by atoms with Gasteiger partial charge in [0.2, 0.25) is 0 Å². The SMILES string of the molecule is Cc1c[c-]c(-c2cc(C)c(C)cn2)cc1.Cc1cccc(C)c1-c1cc(-c2[c-]ccc3c2oc2c3ccc3ccsc32)ncc1CC(C)(C)C.[Ir]. The molecule has 8 aromatic rings. The van der Waals surface area contributed by atoms with E-state index in [0.717, 1.165) is 50.9 Å². The number of benzene rings is 4. The van der Waals surface area contributed by atoms with Gasteiger partial charge in [-0.1, -0.05) is 86.7 Å². The average molecular weight is 863 g/mol. The van der Waals surface area contributed by atoms with Crippen molar-refractivity contribution in [2.24, 2.45) is 5.41 Å². The summed E-state index contributed by atoms with van der Waals surface area (Å²) in [7, 11) is 0. The Bertz CT molecular complexity index is 2480. The summed E-state index contributed by atoms with van der Waals surface area (Å²) in [5.74, 6) is 0. The van der Waals surface area contributed by atoms with E-state index < -0.39 is 0 Å². The Morgan fingerprint density at radius 2 is 1.47 bits per heavy atom. The molecule has 0 saturated carbocycles. The van der Waals surface area contributed by atoms with Crippen LogP contribution in [0.5, 0.6) is 0 Å². The Labute approximate surface area is 319 Å². The zero-order valence-corrected chi connectivity index (χ0v) is 33.7. The number of hydrogen-bond acceptors (Lipinski definition) is 4. The van der Waals surface area contributed by atoms with Crippen LogP contribution in [0.1, 0.15) is 54.2 Å². The smallest absolute Gasteiger partial charge is 0.138 e. The van der Waals surface area contributed by atoms with Gasteiger partial charge in [0.1, 0.15) is 5.58 Å². The maximum Gasteiger partial charge on any atom is 0.138 e. The Morgan fingerprint density at radius 1 is 0.725 bits per heavy atom. The maximum absolute atomic E-state index is 6.55. The van der Waals surface area contributed by atoms with Crippen LogP contribution in [0.4, 0.5) is 0 Å². The van der Waals surface area contributed by atoms with Crippen molar-refractivity contribution in [1.29, 1.82) is 0 Å². The topological polar surface area (TPSA) is 38.9 Å². The van der Waals surface area contributed by atoms with Crippen LogP contribution in [-0.2, 0) is 26.5 Å². The van der Waals surface area contributed by atoms with E-state index in [1.54, 1.807) is 11.3 Å². The number of aryl methyl sites for hydroxylation is 5. The molecular formula is C46H42IrN2OS-2. The average Bonchev–Trinajstić information content (AvgIpc) is 3.72. The van der Waals surface area contributed by atoms with E-state index >= 15 is 0 Å². The Morgan fingerprint density at radius 3 is 2.18 bits per heavy atom. The van der Waals surface area contributed by atoms with E-state index in [1.807, 2.05) is 18.3 Å². The molecule has 3 nitrogen and oxygen atoms in total. The molecule has 4 heterocycles. The zero-order chi connectivity index (χ0) is 35.2. The van der Waals surface area contributed by atoms with Crippen LogP contribution in [-0.4, -0.2) is 9.97 Å². The van der Waals surface area contributed by atoms with Crippen molar-refractivity contribution in [2.75, 3.05) is 0 Å². The molecule has 0 aliphatic rings. The van der Waals surface area contributed by atoms with E-state index in [0.29, 0.717) is 0 Å². The summed E-state index contributed by atoms with van der Waals surface area (Å²) >= 11 is 1.72. The molecule has 4 aromatic carbocycles. The summed E-state index contributed by atoms with van der Waals surface area (Å²) in [5, 5.41) is 5.59. The van der Waals surface area contributed by atoms with Crippen molar-refractivity contribution in [3.63, 3.8) is 0 Å². The molecular weight excluding hydrogens is 821 g/mol. The predicted molar refractivity (Wildman–Crippen MR) is 212 cm³/mol. The van der Waals surface area contributed by atoms with Crippen LogP contribution in [0, 0.1) is 52.2 Å². The number of fused-ring (bicyclic) bond motifs is 5. The van der Waals surface area contributed by atoms with Gasteiger partial charge < -0.3 is 14.4 Å². The Balaban J connectivity index is 0.000000236. The fraction of sp³-hybridized carbons (Fsp3) is 0.217. The van der Waals surface area contributed by atoms with E-state index in [1.165, 1.54) is 54.6 Å². The second-order valence-electron chi connectivity index (χ2n) is 14.6.